The second kappa shape index (κ2) is 6.26. The number of likely N-dealkylation sites (tertiary alicyclic amines) is 1. The average Bonchev–Trinajstić information content (AvgIpc) is 2.81. The Labute approximate surface area is 163 Å². The van der Waals surface area contributed by atoms with Crippen molar-refractivity contribution in [2.24, 2.45) is 10.8 Å². The van der Waals surface area contributed by atoms with E-state index in [1.807, 2.05) is 24.3 Å². The zero-order valence-corrected chi connectivity index (χ0v) is 17.3. The van der Waals surface area contributed by atoms with Crippen LogP contribution in [-0.4, -0.2) is 30.0 Å². The predicted molar refractivity (Wildman–Crippen MR) is 108 cm³/mol. The van der Waals surface area contributed by atoms with E-state index < -0.39 is 0 Å². The molecular formula is C22H26BrNO2. The number of hydrogen-bond acceptors (Lipinski definition) is 2. The Kier molecular flexibility index (Phi) is 4.30. The summed E-state index contributed by atoms with van der Waals surface area (Å²) in [7, 11) is 0. The summed E-state index contributed by atoms with van der Waals surface area (Å²) in [5.41, 5.74) is 0.582. The molecule has 1 aliphatic carbocycles. The number of carbonyl (C=O) groups is 1. The highest BCUT2D eigenvalue weighted by Crippen LogP contribution is 2.52. The first-order valence-corrected chi connectivity index (χ1v) is 10.1. The molecule has 0 aromatic heterocycles. The van der Waals surface area contributed by atoms with Crippen molar-refractivity contribution in [2.45, 2.75) is 46.1 Å². The number of halogens is 1. The Balaban J connectivity index is 1.44. The van der Waals surface area contributed by atoms with Gasteiger partial charge in [0.1, 0.15) is 5.75 Å². The number of hydrogen-bond donors (Lipinski definition) is 0. The van der Waals surface area contributed by atoms with E-state index in [2.05, 4.69) is 53.7 Å². The van der Waals surface area contributed by atoms with Crippen LogP contribution in [0.3, 0.4) is 0 Å². The van der Waals surface area contributed by atoms with Gasteiger partial charge in [-0.15, -0.1) is 0 Å². The molecule has 2 aliphatic rings. The molecular weight excluding hydrogens is 390 g/mol. The zero-order chi connectivity index (χ0) is 18.5. The summed E-state index contributed by atoms with van der Waals surface area (Å²) in [6.07, 6.45) is 3.42. The van der Waals surface area contributed by atoms with E-state index in [1.54, 1.807) is 0 Å². The van der Waals surface area contributed by atoms with Crippen LogP contribution in [0.2, 0.25) is 0 Å². The van der Waals surface area contributed by atoms with Gasteiger partial charge >= 0.3 is 0 Å². The Hall–Kier alpha value is -1.55. The SMILES string of the molecule is CC1(C)C[C@@H]2C[C@@](C)(CN2C(=O)COc2ccc3cc(Br)ccc3c2)C1. The molecule has 2 fully saturated rings. The van der Waals surface area contributed by atoms with Gasteiger partial charge in [0.05, 0.1) is 0 Å². The average molecular weight is 416 g/mol. The molecule has 1 heterocycles. The smallest absolute Gasteiger partial charge is 0.260 e. The first-order chi connectivity index (χ1) is 12.2. The summed E-state index contributed by atoms with van der Waals surface area (Å²) in [6.45, 7) is 7.98. The van der Waals surface area contributed by atoms with E-state index in [1.165, 1.54) is 6.42 Å². The highest BCUT2D eigenvalue weighted by Gasteiger charge is 2.50. The quantitative estimate of drug-likeness (QED) is 0.670. The normalized spacial score (nSPS) is 26.9. The number of carbonyl (C=O) groups excluding carboxylic acids is 1. The van der Waals surface area contributed by atoms with Crippen molar-refractivity contribution in [1.29, 1.82) is 0 Å². The lowest BCUT2D eigenvalue weighted by atomic mass is 9.65. The minimum absolute atomic E-state index is 0.118. The molecule has 26 heavy (non-hydrogen) atoms. The van der Waals surface area contributed by atoms with E-state index >= 15 is 0 Å². The minimum atomic E-state index is 0.118. The molecule has 1 saturated carbocycles. The summed E-state index contributed by atoms with van der Waals surface area (Å²) >= 11 is 3.49. The number of ether oxygens (including phenoxy) is 1. The van der Waals surface area contributed by atoms with Crippen LogP contribution < -0.4 is 4.74 Å². The third-order valence-corrected chi connectivity index (χ3v) is 6.36. The lowest BCUT2D eigenvalue weighted by Gasteiger charge is -2.39. The summed E-state index contributed by atoms with van der Waals surface area (Å²) in [6, 6.07) is 12.5. The third kappa shape index (κ3) is 3.48. The van der Waals surface area contributed by atoms with E-state index in [0.717, 1.165) is 40.4 Å². The second-order valence-electron chi connectivity index (χ2n) is 9.18. The number of fused-ring (bicyclic) bond motifs is 3. The van der Waals surface area contributed by atoms with Gasteiger partial charge in [0.2, 0.25) is 0 Å². The third-order valence-electron chi connectivity index (χ3n) is 5.87. The zero-order valence-electron chi connectivity index (χ0n) is 15.7. The van der Waals surface area contributed by atoms with Crippen molar-refractivity contribution in [3.63, 3.8) is 0 Å². The molecule has 4 heteroatoms. The van der Waals surface area contributed by atoms with Gasteiger partial charge in [-0.2, -0.15) is 0 Å². The molecule has 2 aromatic carbocycles. The maximum atomic E-state index is 12.8. The van der Waals surface area contributed by atoms with Crippen LogP contribution in [0.4, 0.5) is 0 Å². The summed E-state index contributed by atoms with van der Waals surface area (Å²) in [5.74, 6) is 0.870. The molecule has 2 aromatic rings. The van der Waals surface area contributed by atoms with E-state index in [-0.39, 0.29) is 17.9 Å². The van der Waals surface area contributed by atoms with Crippen molar-refractivity contribution in [3.05, 3.63) is 40.9 Å². The number of nitrogens with zero attached hydrogens (tertiary/aromatic N) is 1. The number of amides is 1. The molecule has 4 rings (SSSR count). The van der Waals surface area contributed by atoms with Crippen molar-refractivity contribution in [1.82, 2.24) is 4.90 Å². The fraction of sp³-hybridized carbons (Fsp3) is 0.500. The summed E-state index contributed by atoms with van der Waals surface area (Å²) in [5, 5.41) is 2.27. The Bertz CT molecular complexity index is 862. The van der Waals surface area contributed by atoms with Gasteiger partial charge in [0.15, 0.2) is 6.61 Å². The fourth-order valence-electron chi connectivity index (χ4n) is 5.26. The van der Waals surface area contributed by atoms with Gasteiger partial charge < -0.3 is 9.64 Å². The molecule has 0 N–H and O–H groups in total. The van der Waals surface area contributed by atoms with Crippen LogP contribution in [-0.2, 0) is 4.79 Å². The van der Waals surface area contributed by atoms with Crippen molar-refractivity contribution >= 4 is 32.6 Å². The van der Waals surface area contributed by atoms with E-state index in [0.29, 0.717) is 11.5 Å². The Morgan fingerprint density at radius 1 is 1.15 bits per heavy atom. The highest BCUT2D eigenvalue weighted by atomic mass is 79.9. The van der Waals surface area contributed by atoms with Crippen LogP contribution in [0.1, 0.15) is 40.0 Å². The van der Waals surface area contributed by atoms with E-state index in [9.17, 15) is 4.79 Å². The van der Waals surface area contributed by atoms with E-state index in [4.69, 9.17) is 4.74 Å². The van der Waals surface area contributed by atoms with Gasteiger partial charge in [-0.1, -0.05) is 48.8 Å². The molecule has 2 atom stereocenters. The summed E-state index contributed by atoms with van der Waals surface area (Å²) in [4.78, 5) is 14.9. The number of benzene rings is 2. The highest BCUT2D eigenvalue weighted by molar-refractivity contribution is 9.10. The monoisotopic (exact) mass is 415 g/mol. The lowest BCUT2D eigenvalue weighted by Crippen LogP contribution is -2.40. The van der Waals surface area contributed by atoms with Gasteiger partial charge in [-0.3, -0.25) is 4.79 Å². The van der Waals surface area contributed by atoms with Crippen molar-refractivity contribution < 1.29 is 9.53 Å². The molecule has 1 aliphatic heterocycles. The molecule has 0 spiro atoms. The topological polar surface area (TPSA) is 29.5 Å². The second-order valence-corrected chi connectivity index (χ2v) is 10.1. The molecule has 0 radical (unpaired) electrons. The minimum Gasteiger partial charge on any atom is -0.484 e. The Morgan fingerprint density at radius 3 is 2.69 bits per heavy atom. The van der Waals surface area contributed by atoms with Crippen LogP contribution in [0.15, 0.2) is 40.9 Å². The Morgan fingerprint density at radius 2 is 1.88 bits per heavy atom. The van der Waals surface area contributed by atoms with Crippen LogP contribution in [0, 0.1) is 10.8 Å². The van der Waals surface area contributed by atoms with Gasteiger partial charge in [-0.25, -0.2) is 0 Å². The van der Waals surface area contributed by atoms with Crippen LogP contribution in [0.25, 0.3) is 10.8 Å². The molecule has 3 nitrogen and oxygen atoms in total. The molecule has 0 unspecified atom stereocenters. The molecule has 1 amide bonds. The first kappa shape index (κ1) is 17.8. The molecule has 2 bridgehead atoms. The molecule has 138 valence electrons. The van der Waals surface area contributed by atoms with Gasteiger partial charge in [-0.05, 0) is 65.1 Å². The molecule has 1 saturated heterocycles. The maximum Gasteiger partial charge on any atom is 0.260 e. The predicted octanol–water partition coefficient (Wildman–Crippen LogP) is 5.41. The lowest BCUT2D eigenvalue weighted by molar-refractivity contribution is -0.134. The van der Waals surface area contributed by atoms with Crippen molar-refractivity contribution in [2.75, 3.05) is 13.2 Å². The van der Waals surface area contributed by atoms with Gasteiger partial charge in [0, 0.05) is 17.1 Å². The van der Waals surface area contributed by atoms with Crippen LogP contribution in [0.5, 0.6) is 5.75 Å². The van der Waals surface area contributed by atoms with Crippen molar-refractivity contribution in [3.8, 4) is 5.75 Å². The maximum absolute atomic E-state index is 12.8. The van der Waals surface area contributed by atoms with Crippen LogP contribution >= 0.6 is 15.9 Å². The summed E-state index contributed by atoms with van der Waals surface area (Å²) < 4.78 is 6.91. The standard InChI is InChI=1S/C22H26BrNO2/c1-21(2)10-18-11-22(3,13-21)14-24(18)20(25)12-26-19-7-5-15-8-17(23)6-4-16(15)9-19/h4-9,18H,10-14H2,1-3H3/t18-,22-/m1/s1. The van der Waals surface area contributed by atoms with Gasteiger partial charge in [0.25, 0.3) is 5.91 Å². The fourth-order valence-corrected chi connectivity index (χ4v) is 5.64. The largest absolute Gasteiger partial charge is 0.484 e. The number of rotatable bonds is 3. The first-order valence-electron chi connectivity index (χ1n) is 9.35.